The lowest BCUT2D eigenvalue weighted by molar-refractivity contribution is -0.126. The minimum atomic E-state index is -2.25. The van der Waals surface area contributed by atoms with E-state index in [9.17, 15) is 17.9 Å². The van der Waals surface area contributed by atoms with Crippen LogP contribution in [0, 0.1) is 11.7 Å². The van der Waals surface area contributed by atoms with Gasteiger partial charge in [0.05, 0.1) is 6.04 Å². The first-order chi connectivity index (χ1) is 10.5. The van der Waals surface area contributed by atoms with Gasteiger partial charge >= 0.3 is 0 Å². The third kappa shape index (κ3) is 4.86. The molecule has 0 saturated heterocycles. The standard InChI is InChI=1S/C15H21FN2O3S/c1-10(11-2-6-13(16)7-3-11)17-15(19)12-4-8-14(9-5-12)18-22(20)21/h2-3,6-7,10,12,14,18H,4-5,8-9H2,1H3,(H,17,19)(H,20,21)/p-1/t10-,12?,14?/m1/s1. The quantitative estimate of drug-likeness (QED) is 0.811. The second-order valence-corrected chi connectivity index (χ2v) is 6.39. The first-order valence-corrected chi connectivity index (χ1v) is 8.44. The zero-order valence-corrected chi connectivity index (χ0v) is 13.2. The van der Waals surface area contributed by atoms with Crippen molar-refractivity contribution in [2.24, 2.45) is 5.92 Å². The van der Waals surface area contributed by atoms with E-state index in [1.54, 1.807) is 12.1 Å². The number of carbonyl (C=O) groups is 1. The van der Waals surface area contributed by atoms with E-state index in [2.05, 4.69) is 10.0 Å². The molecule has 1 fully saturated rings. The Balaban J connectivity index is 1.83. The summed E-state index contributed by atoms with van der Waals surface area (Å²) in [6, 6.07) is 5.81. The van der Waals surface area contributed by atoms with E-state index in [1.165, 1.54) is 12.1 Å². The number of nitrogens with one attached hydrogen (secondary N) is 2. The second kappa shape index (κ2) is 7.80. The second-order valence-electron chi connectivity index (χ2n) is 5.68. The molecule has 122 valence electrons. The van der Waals surface area contributed by atoms with Crippen molar-refractivity contribution in [3.63, 3.8) is 0 Å². The van der Waals surface area contributed by atoms with Crippen LogP contribution in [0.2, 0.25) is 0 Å². The highest BCUT2D eigenvalue weighted by Gasteiger charge is 2.27. The maximum absolute atomic E-state index is 12.9. The Kier molecular flexibility index (Phi) is 6.05. The summed E-state index contributed by atoms with van der Waals surface area (Å²) >= 11 is -2.25. The molecule has 1 unspecified atom stereocenters. The van der Waals surface area contributed by atoms with E-state index in [-0.39, 0.29) is 29.7 Å². The maximum atomic E-state index is 12.9. The Labute approximate surface area is 132 Å². The number of hydrogen-bond donors (Lipinski definition) is 2. The average molecular weight is 327 g/mol. The van der Waals surface area contributed by atoms with Crippen LogP contribution in [0.5, 0.6) is 0 Å². The molecular formula is C15H20FN2O3S-. The smallest absolute Gasteiger partial charge is 0.223 e. The van der Waals surface area contributed by atoms with Crippen LogP contribution < -0.4 is 10.0 Å². The SMILES string of the molecule is C[C@@H](NC(=O)C1CCC(NS(=O)[O-])CC1)c1ccc(F)cc1. The van der Waals surface area contributed by atoms with E-state index < -0.39 is 11.3 Å². The van der Waals surface area contributed by atoms with Crippen LogP contribution in [0.1, 0.15) is 44.2 Å². The molecule has 0 aliphatic heterocycles. The Morgan fingerprint density at radius 1 is 1.27 bits per heavy atom. The fourth-order valence-corrected chi connectivity index (χ4v) is 3.28. The van der Waals surface area contributed by atoms with Crippen molar-refractivity contribution >= 4 is 17.2 Å². The van der Waals surface area contributed by atoms with Gasteiger partial charge in [-0.05, 0) is 50.3 Å². The van der Waals surface area contributed by atoms with Crippen molar-refractivity contribution in [2.75, 3.05) is 0 Å². The van der Waals surface area contributed by atoms with Crippen molar-refractivity contribution in [3.05, 3.63) is 35.6 Å². The van der Waals surface area contributed by atoms with Crippen molar-refractivity contribution in [1.82, 2.24) is 10.0 Å². The molecule has 0 radical (unpaired) electrons. The van der Waals surface area contributed by atoms with Crippen LogP contribution in [0.4, 0.5) is 4.39 Å². The van der Waals surface area contributed by atoms with Gasteiger partial charge in [-0.1, -0.05) is 12.1 Å². The van der Waals surface area contributed by atoms with Crippen LogP contribution in [-0.2, 0) is 16.1 Å². The lowest BCUT2D eigenvalue weighted by atomic mass is 9.85. The van der Waals surface area contributed by atoms with Gasteiger partial charge in [0.15, 0.2) is 0 Å². The van der Waals surface area contributed by atoms with Gasteiger partial charge in [-0.15, -0.1) is 0 Å². The van der Waals surface area contributed by atoms with E-state index in [0.29, 0.717) is 25.7 Å². The summed E-state index contributed by atoms with van der Waals surface area (Å²) in [5.41, 5.74) is 0.854. The number of rotatable bonds is 5. The van der Waals surface area contributed by atoms with Gasteiger partial charge in [0, 0.05) is 23.2 Å². The molecule has 5 nitrogen and oxygen atoms in total. The summed E-state index contributed by atoms with van der Waals surface area (Å²) in [6.45, 7) is 1.86. The van der Waals surface area contributed by atoms with Gasteiger partial charge < -0.3 is 9.87 Å². The lowest BCUT2D eigenvalue weighted by Crippen LogP contribution is -2.39. The van der Waals surface area contributed by atoms with Crippen molar-refractivity contribution < 1.29 is 17.9 Å². The van der Waals surface area contributed by atoms with Crippen LogP contribution in [0.3, 0.4) is 0 Å². The predicted molar refractivity (Wildman–Crippen MR) is 80.8 cm³/mol. The average Bonchev–Trinajstić information content (AvgIpc) is 2.48. The molecule has 0 bridgehead atoms. The zero-order valence-electron chi connectivity index (χ0n) is 12.4. The van der Waals surface area contributed by atoms with E-state index in [1.807, 2.05) is 6.92 Å². The molecule has 1 amide bonds. The molecule has 1 aliphatic rings. The highest BCUT2D eigenvalue weighted by atomic mass is 32.2. The van der Waals surface area contributed by atoms with Crippen LogP contribution in [0.25, 0.3) is 0 Å². The van der Waals surface area contributed by atoms with E-state index in [4.69, 9.17) is 0 Å². The Bertz CT molecular complexity index is 530. The first-order valence-electron chi connectivity index (χ1n) is 7.37. The van der Waals surface area contributed by atoms with Crippen LogP contribution in [0.15, 0.2) is 24.3 Å². The Morgan fingerprint density at radius 3 is 2.41 bits per heavy atom. The monoisotopic (exact) mass is 327 g/mol. The van der Waals surface area contributed by atoms with Gasteiger partial charge in [0.1, 0.15) is 5.82 Å². The number of amides is 1. The number of halogens is 1. The third-order valence-electron chi connectivity index (χ3n) is 4.09. The molecule has 0 heterocycles. The highest BCUT2D eigenvalue weighted by molar-refractivity contribution is 7.77. The van der Waals surface area contributed by atoms with Gasteiger partial charge in [0.2, 0.25) is 5.91 Å². The predicted octanol–water partition coefficient (Wildman–Crippen LogP) is 1.95. The molecule has 7 heteroatoms. The minimum Gasteiger partial charge on any atom is -0.760 e. The number of hydrogen-bond acceptors (Lipinski definition) is 3. The van der Waals surface area contributed by atoms with Gasteiger partial charge in [-0.3, -0.25) is 9.00 Å². The largest absolute Gasteiger partial charge is 0.760 e. The third-order valence-corrected chi connectivity index (χ3v) is 4.62. The summed E-state index contributed by atoms with van der Waals surface area (Å²) < 4.78 is 36.5. The minimum absolute atomic E-state index is 0.0291. The topological polar surface area (TPSA) is 81.3 Å². The van der Waals surface area contributed by atoms with Gasteiger partial charge in [0.25, 0.3) is 0 Å². The van der Waals surface area contributed by atoms with Gasteiger partial charge in [-0.25, -0.2) is 9.11 Å². The fraction of sp³-hybridized carbons (Fsp3) is 0.533. The van der Waals surface area contributed by atoms with Gasteiger partial charge in [-0.2, -0.15) is 0 Å². The molecular weight excluding hydrogens is 307 g/mol. The summed E-state index contributed by atoms with van der Waals surface area (Å²) in [5, 5.41) is 2.94. The Morgan fingerprint density at radius 2 is 1.86 bits per heavy atom. The zero-order chi connectivity index (χ0) is 16.1. The number of carbonyl (C=O) groups excluding carboxylic acids is 1. The molecule has 0 spiro atoms. The summed E-state index contributed by atoms with van der Waals surface area (Å²) in [6.07, 6.45) is 2.65. The van der Waals surface area contributed by atoms with Crippen molar-refractivity contribution in [3.8, 4) is 0 Å². The van der Waals surface area contributed by atoms with Crippen LogP contribution >= 0.6 is 0 Å². The van der Waals surface area contributed by atoms with E-state index >= 15 is 0 Å². The van der Waals surface area contributed by atoms with Crippen molar-refractivity contribution in [1.29, 1.82) is 0 Å². The normalized spacial score (nSPS) is 24.5. The summed E-state index contributed by atoms with van der Waals surface area (Å²) in [7, 11) is 0. The fourth-order valence-electron chi connectivity index (χ4n) is 2.78. The molecule has 2 N–H and O–H groups in total. The molecule has 1 aromatic rings. The molecule has 1 aromatic carbocycles. The maximum Gasteiger partial charge on any atom is 0.223 e. The molecule has 2 rings (SSSR count). The Hall–Kier alpha value is -1.31. The molecule has 22 heavy (non-hydrogen) atoms. The molecule has 1 saturated carbocycles. The van der Waals surface area contributed by atoms with Crippen LogP contribution in [-0.4, -0.2) is 20.7 Å². The molecule has 1 aliphatic carbocycles. The molecule has 0 aromatic heterocycles. The van der Waals surface area contributed by atoms with Crippen molar-refractivity contribution in [2.45, 2.75) is 44.7 Å². The summed E-state index contributed by atoms with van der Waals surface area (Å²) in [5.74, 6) is -0.427. The summed E-state index contributed by atoms with van der Waals surface area (Å²) in [4.78, 5) is 12.3. The first kappa shape index (κ1) is 17.1. The highest BCUT2D eigenvalue weighted by Crippen LogP contribution is 2.25. The molecule has 2 atom stereocenters. The lowest BCUT2D eigenvalue weighted by Gasteiger charge is -2.29. The number of benzene rings is 1. The van der Waals surface area contributed by atoms with E-state index in [0.717, 1.165) is 5.56 Å².